The Kier molecular flexibility index (Phi) is 4.37. The normalized spacial score (nSPS) is 11.7. The van der Waals surface area contributed by atoms with Gasteiger partial charge in [0.1, 0.15) is 5.82 Å². The van der Waals surface area contributed by atoms with Crippen molar-refractivity contribution in [3.63, 3.8) is 0 Å². The summed E-state index contributed by atoms with van der Waals surface area (Å²) < 4.78 is 38.3. The Morgan fingerprint density at radius 1 is 1.08 bits per heavy atom. The SMILES string of the molecule is Cc1cc(NCc2cccc(C(F)(F)F)c2)nc2cc(Cl)ccc12. The number of benzene rings is 2. The average molecular weight is 351 g/mol. The molecule has 0 aliphatic rings. The van der Waals surface area contributed by atoms with E-state index in [1.807, 2.05) is 19.1 Å². The van der Waals surface area contributed by atoms with Gasteiger partial charge in [-0.25, -0.2) is 4.98 Å². The molecule has 3 rings (SSSR count). The van der Waals surface area contributed by atoms with Gasteiger partial charge in [-0.05, 0) is 48.4 Å². The summed E-state index contributed by atoms with van der Waals surface area (Å²) in [4.78, 5) is 4.47. The van der Waals surface area contributed by atoms with Gasteiger partial charge in [0.05, 0.1) is 11.1 Å². The van der Waals surface area contributed by atoms with Crippen LogP contribution in [0.2, 0.25) is 5.02 Å². The van der Waals surface area contributed by atoms with Crippen LogP contribution in [0.3, 0.4) is 0 Å². The number of anilines is 1. The van der Waals surface area contributed by atoms with E-state index in [2.05, 4.69) is 10.3 Å². The molecule has 24 heavy (non-hydrogen) atoms. The molecular weight excluding hydrogens is 337 g/mol. The lowest BCUT2D eigenvalue weighted by Crippen LogP contribution is -2.07. The van der Waals surface area contributed by atoms with Crippen LogP contribution in [0.5, 0.6) is 0 Å². The molecule has 2 nitrogen and oxygen atoms in total. The third-order valence-electron chi connectivity index (χ3n) is 3.71. The van der Waals surface area contributed by atoms with Crippen molar-refractivity contribution in [1.29, 1.82) is 0 Å². The lowest BCUT2D eigenvalue weighted by molar-refractivity contribution is -0.137. The monoisotopic (exact) mass is 350 g/mol. The molecule has 0 aliphatic heterocycles. The maximum absolute atomic E-state index is 12.8. The van der Waals surface area contributed by atoms with E-state index >= 15 is 0 Å². The molecular formula is C18H14ClF3N2. The minimum absolute atomic E-state index is 0.252. The highest BCUT2D eigenvalue weighted by atomic mass is 35.5. The maximum Gasteiger partial charge on any atom is 0.416 e. The molecule has 0 saturated heterocycles. The van der Waals surface area contributed by atoms with E-state index in [1.54, 1.807) is 18.2 Å². The van der Waals surface area contributed by atoms with Crippen LogP contribution in [0, 0.1) is 6.92 Å². The number of hydrogen-bond donors (Lipinski definition) is 1. The number of aryl methyl sites for hydroxylation is 1. The first-order valence-electron chi connectivity index (χ1n) is 7.30. The Bertz CT molecular complexity index is 891. The quantitative estimate of drug-likeness (QED) is 0.643. The number of alkyl halides is 3. The molecule has 0 radical (unpaired) electrons. The van der Waals surface area contributed by atoms with Crippen molar-refractivity contribution in [3.05, 3.63) is 70.2 Å². The number of hydrogen-bond acceptors (Lipinski definition) is 2. The molecule has 0 amide bonds. The topological polar surface area (TPSA) is 24.9 Å². The molecule has 6 heteroatoms. The molecule has 3 aromatic rings. The van der Waals surface area contributed by atoms with E-state index in [0.29, 0.717) is 16.4 Å². The van der Waals surface area contributed by atoms with Crippen LogP contribution in [0.15, 0.2) is 48.5 Å². The van der Waals surface area contributed by atoms with Crippen molar-refractivity contribution in [1.82, 2.24) is 4.98 Å². The van der Waals surface area contributed by atoms with Crippen LogP contribution in [-0.2, 0) is 12.7 Å². The van der Waals surface area contributed by atoms with Gasteiger partial charge in [-0.3, -0.25) is 0 Å². The maximum atomic E-state index is 12.8. The molecule has 0 aliphatic carbocycles. The Morgan fingerprint density at radius 3 is 2.62 bits per heavy atom. The fraction of sp³-hybridized carbons (Fsp3) is 0.167. The van der Waals surface area contributed by atoms with Gasteiger partial charge in [-0.2, -0.15) is 13.2 Å². The van der Waals surface area contributed by atoms with Crippen molar-refractivity contribution >= 4 is 28.3 Å². The van der Waals surface area contributed by atoms with E-state index in [4.69, 9.17) is 11.6 Å². The van der Waals surface area contributed by atoms with E-state index in [9.17, 15) is 13.2 Å². The van der Waals surface area contributed by atoms with E-state index in [1.165, 1.54) is 6.07 Å². The largest absolute Gasteiger partial charge is 0.416 e. The summed E-state index contributed by atoms with van der Waals surface area (Å²) in [7, 11) is 0. The highest BCUT2D eigenvalue weighted by Crippen LogP contribution is 2.30. The van der Waals surface area contributed by atoms with Gasteiger partial charge < -0.3 is 5.32 Å². The lowest BCUT2D eigenvalue weighted by Gasteiger charge is -2.11. The molecule has 2 aromatic carbocycles. The summed E-state index contributed by atoms with van der Waals surface area (Å²) in [5.74, 6) is 0.597. The van der Waals surface area contributed by atoms with E-state index in [0.717, 1.165) is 28.6 Å². The summed E-state index contributed by atoms with van der Waals surface area (Å²) in [6.07, 6.45) is -4.34. The zero-order valence-corrected chi connectivity index (χ0v) is 13.5. The first-order chi connectivity index (χ1) is 11.3. The molecule has 1 aromatic heterocycles. The molecule has 1 heterocycles. The summed E-state index contributed by atoms with van der Waals surface area (Å²) in [5.41, 5.74) is 1.64. The van der Waals surface area contributed by atoms with Crippen molar-refractivity contribution in [2.45, 2.75) is 19.6 Å². The Hall–Kier alpha value is -2.27. The predicted octanol–water partition coefficient (Wildman–Crippen LogP) is 5.83. The van der Waals surface area contributed by atoms with E-state index < -0.39 is 11.7 Å². The fourth-order valence-electron chi connectivity index (χ4n) is 2.52. The van der Waals surface area contributed by atoms with Gasteiger partial charge in [-0.1, -0.05) is 29.8 Å². The predicted molar refractivity (Wildman–Crippen MR) is 90.3 cm³/mol. The smallest absolute Gasteiger partial charge is 0.366 e. The van der Waals surface area contributed by atoms with Crippen molar-refractivity contribution < 1.29 is 13.2 Å². The number of fused-ring (bicyclic) bond motifs is 1. The van der Waals surface area contributed by atoms with Crippen molar-refractivity contribution in [2.75, 3.05) is 5.32 Å². The van der Waals surface area contributed by atoms with Crippen molar-refractivity contribution in [3.8, 4) is 0 Å². The molecule has 0 unspecified atom stereocenters. The molecule has 1 N–H and O–H groups in total. The number of aromatic nitrogens is 1. The Labute approximate surface area is 142 Å². The molecule has 0 atom stereocenters. The number of halogens is 4. The molecule has 0 fully saturated rings. The van der Waals surface area contributed by atoms with Crippen molar-refractivity contribution in [2.24, 2.45) is 0 Å². The van der Waals surface area contributed by atoms with Crippen LogP contribution < -0.4 is 5.32 Å². The third kappa shape index (κ3) is 3.62. The van der Waals surface area contributed by atoms with Crippen LogP contribution >= 0.6 is 11.6 Å². The molecule has 0 spiro atoms. The molecule has 0 bridgehead atoms. The van der Waals surface area contributed by atoms with Gasteiger partial charge in [0.2, 0.25) is 0 Å². The molecule has 124 valence electrons. The lowest BCUT2D eigenvalue weighted by atomic mass is 10.1. The highest BCUT2D eigenvalue weighted by Gasteiger charge is 2.30. The van der Waals surface area contributed by atoms with Gasteiger partial charge in [0.15, 0.2) is 0 Å². The highest BCUT2D eigenvalue weighted by molar-refractivity contribution is 6.31. The van der Waals surface area contributed by atoms with Crippen LogP contribution in [0.25, 0.3) is 10.9 Å². The van der Waals surface area contributed by atoms with Gasteiger partial charge in [0.25, 0.3) is 0 Å². The zero-order valence-electron chi connectivity index (χ0n) is 12.8. The average Bonchev–Trinajstić information content (AvgIpc) is 2.52. The first-order valence-corrected chi connectivity index (χ1v) is 7.67. The third-order valence-corrected chi connectivity index (χ3v) is 3.94. The minimum atomic E-state index is -4.34. The fourth-order valence-corrected chi connectivity index (χ4v) is 2.68. The van der Waals surface area contributed by atoms with Gasteiger partial charge in [-0.15, -0.1) is 0 Å². The second kappa shape index (κ2) is 6.32. The summed E-state index contributed by atoms with van der Waals surface area (Å²) in [6.45, 7) is 2.20. The van der Waals surface area contributed by atoms with E-state index in [-0.39, 0.29) is 6.54 Å². The summed E-state index contributed by atoms with van der Waals surface area (Å²) >= 11 is 5.99. The first kappa shape index (κ1) is 16.6. The number of pyridine rings is 1. The Balaban J connectivity index is 1.83. The van der Waals surface area contributed by atoms with Crippen LogP contribution in [0.4, 0.5) is 19.0 Å². The number of nitrogens with zero attached hydrogens (tertiary/aromatic N) is 1. The minimum Gasteiger partial charge on any atom is -0.366 e. The number of nitrogens with one attached hydrogen (secondary N) is 1. The zero-order chi connectivity index (χ0) is 17.3. The second-order valence-electron chi connectivity index (χ2n) is 5.54. The van der Waals surface area contributed by atoms with Crippen LogP contribution in [0.1, 0.15) is 16.7 Å². The number of rotatable bonds is 3. The standard InChI is InChI=1S/C18H14ClF3N2/c1-11-7-17(24-16-9-14(19)5-6-15(11)16)23-10-12-3-2-4-13(8-12)18(20,21)22/h2-9H,10H2,1H3,(H,23,24). The van der Waals surface area contributed by atoms with Crippen LogP contribution in [-0.4, -0.2) is 4.98 Å². The van der Waals surface area contributed by atoms with Gasteiger partial charge in [0, 0.05) is 17.0 Å². The second-order valence-corrected chi connectivity index (χ2v) is 5.97. The Morgan fingerprint density at radius 2 is 1.88 bits per heavy atom. The summed E-state index contributed by atoms with van der Waals surface area (Å²) in [6, 6.07) is 12.6. The summed E-state index contributed by atoms with van der Waals surface area (Å²) in [5, 5.41) is 4.65. The van der Waals surface area contributed by atoms with Gasteiger partial charge >= 0.3 is 6.18 Å². The molecule has 0 saturated carbocycles.